The summed E-state index contributed by atoms with van der Waals surface area (Å²) in [5.74, 6) is 0.00688. The van der Waals surface area contributed by atoms with Crippen LogP contribution in [-0.2, 0) is 0 Å². The van der Waals surface area contributed by atoms with Gasteiger partial charge >= 0.3 is 0 Å². The fourth-order valence-corrected chi connectivity index (χ4v) is 1.77. The molecule has 88 valence electrons. The van der Waals surface area contributed by atoms with Gasteiger partial charge in [-0.3, -0.25) is 4.79 Å². The molecule has 1 atom stereocenters. The van der Waals surface area contributed by atoms with Gasteiger partial charge in [-0.2, -0.15) is 0 Å². The van der Waals surface area contributed by atoms with Crippen LogP contribution in [0.4, 0.5) is 0 Å². The van der Waals surface area contributed by atoms with Gasteiger partial charge in [0, 0.05) is 9.61 Å². The Labute approximate surface area is 111 Å². The number of carbonyl (C=O) groups is 1. The minimum absolute atomic E-state index is 0.00688. The standard InChI is InChI=1S/C13H18INO/c1-9(13(2,3)4)15-12(16)10-7-5-6-8-11(10)14/h5-9H,1-4H3,(H,15,16). The van der Waals surface area contributed by atoms with Gasteiger partial charge in [0.05, 0.1) is 5.56 Å². The summed E-state index contributed by atoms with van der Waals surface area (Å²) in [6, 6.07) is 7.77. The van der Waals surface area contributed by atoms with Crippen LogP contribution in [0.5, 0.6) is 0 Å². The molecular weight excluding hydrogens is 313 g/mol. The zero-order valence-electron chi connectivity index (χ0n) is 10.2. The van der Waals surface area contributed by atoms with Crippen molar-refractivity contribution in [1.29, 1.82) is 0 Å². The van der Waals surface area contributed by atoms with Crippen LogP contribution in [-0.4, -0.2) is 11.9 Å². The number of hydrogen-bond donors (Lipinski definition) is 1. The molecule has 1 aromatic rings. The molecule has 0 bridgehead atoms. The minimum Gasteiger partial charge on any atom is -0.349 e. The topological polar surface area (TPSA) is 29.1 Å². The highest BCUT2D eigenvalue weighted by molar-refractivity contribution is 14.1. The number of amides is 1. The van der Waals surface area contributed by atoms with E-state index in [0.29, 0.717) is 0 Å². The predicted octanol–water partition coefficient (Wildman–Crippen LogP) is 3.46. The molecule has 3 heteroatoms. The summed E-state index contributed by atoms with van der Waals surface area (Å²) in [5, 5.41) is 3.03. The SMILES string of the molecule is CC(NC(=O)c1ccccc1I)C(C)(C)C. The fraction of sp³-hybridized carbons (Fsp3) is 0.462. The van der Waals surface area contributed by atoms with Crippen molar-refractivity contribution in [1.82, 2.24) is 5.32 Å². The van der Waals surface area contributed by atoms with Crippen molar-refractivity contribution in [2.45, 2.75) is 33.7 Å². The lowest BCUT2D eigenvalue weighted by molar-refractivity contribution is 0.0909. The zero-order chi connectivity index (χ0) is 12.3. The quantitative estimate of drug-likeness (QED) is 0.827. The Kier molecular flexibility index (Phi) is 4.35. The summed E-state index contributed by atoms with van der Waals surface area (Å²) in [6.07, 6.45) is 0. The molecule has 2 nitrogen and oxygen atoms in total. The second kappa shape index (κ2) is 5.17. The first-order valence-electron chi connectivity index (χ1n) is 5.38. The number of halogens is 1. The van der Waals surface area contributed by atoms with Gasteiger partial charge in [0.25, 0.3) is 5.91 Å². The van der Waals surface area contributed by atoms with E-state index < -0.39 is 0 Å². The normalized spacial score (nSPS) is 13.3. The Morgan fingerprint density at radius 3 is 2.38 bits per heavy atom. The first kappa shape index (κ1) is 13.5. The van der Waals surface area contributed by atoms with E-state index in [-0.39, 0.29) is 17.4 Å². The Bertz CT molecular complexity index is 382. The molecular formula is C13H18INO. The van der Waals surface area contributed by atoms with E-state index in [1.807, 2.05) is 31.2 Å². The van der Waals surface area contributed by atoms with E-state index in [4.69, 9.17) is 0 Å². The van der Waals surface area contributed by atoms with Crippen molar-refractivity contribution in [2.75, 3.05) is 0 Å². The smallest absolute Gasteiger partial charge is 0.252 e. The molecule has 0 aliphatic carbocycles. The maximum atomic E-state index is 12.0. The lowest BCUT2D eigenvalue weighted by Crippen LogP contribution is -2.41. The van der Waals surface area contributed by atoms with Gasteiger partial charge < -0.3 is 5.32 Å². The van der Waals surface area contributed by atoms with Crippen LogP contribution in [0.25, 0.3) is 0 Å². The molecule has 1 aromatic carbocycles. The van der Waals surface area contributed by atoms with Crippen LogP contribution in [0, 0.1) is 8.99 Å². The molecule has 0 radical (unpaired) electrons. The molecule has 1 unspecified atom stereocenters. The molecule has 0 aliphatic heterocycles. The largest absolute Gasteiger partial charge is 0.349 e. The molecule has 0 aromatic heterocycles. The Morgan fingerprint density at radius 1 is 1.31 bits per heavy atom. The number of hydrogen-bond acceptors (Lipinski definition) is 1. The second-order valence-electron chi connectivity index (χ2n) is 5.04. The number of rotatable bonds is 2. The minimum atomic E-state index is 0.00688. The van der Waals surface area contributed by atoms with E-state index in [1.54, 1.807) is 0 Å². The zero-order valence-corrected chi connectivity index (χ0v) is 12.3. The average molecular weight is 331 g/mol. The van der Waals surface area contributed by atoms with Crippen LogP contribution in [0.3, 0.4) is 0 Å². The van der Waals surface area contributed by atoms with Crippen molar-refractivity contribution < 1.29 is 4.79 Å². The molecule has 1 amide bonds. The molecule has 16 heavy (non-hydrogen) atoms. The van der Waals surface area contributed by atoms with Crippen LogP contribution in [0.1, 0.15) is 38.1 Å². The van der Waals surface area contributed by atoms with E-state index >= 15 is 0 Å². The number of nitrogens with one attached hydrogen (secondary N) is 1. The third-order valence-corrected chi connectivity index (χ3v) is 3.71. The number of benzene rings is 1. The highest BCUT2D eigenvalue weighted by Crippen LogP contribution is 2.19. The first-order chi connectivity index (χ1) is 7.32. The molecule has 0 heterocycles. The van der Waals surface area contributed by atoms with Gasteiger partial charge in [-0.1, -0.05) is 32.9 Å². The van der Waals surface area contributed by atoms with Gasteiger partial charge in [-0.05, 0) is 47.1 Å². The average Bonchev–Trinajstić information content (AvgIpc) is 2.16. The second-order valence-corrected chi connectivity index (χ2v) is 6.20. The summed E-state index contributed by atoms with van der Waals surface area (Å²) < 4.78 is 0.985. The van der Waals surface area contributed by atoms with Crippen molar-refractivity contribution in [3.63, 3.8) is 0 Å². The molecule has 0 fully saturated rings. The maximum absolute atomic E-state index is 12.0. The summed E-state index contributed by atoms with van der Waals surface area (Å²) in [5.41, 5.74) is 0.829. The van der Waals surface area contributed by atoms with Crippen molar-refractivity contribution in [3.8, 4) is 0 Å². The van der Waals surface area contributed by atoms with Crippen molar-refractivity contribution >= 4 is 28.5 Å². The van der Waals surface area contributed by atoms with Crippen LogP contribution in [0.2, 0.25) is 0 Å². The van der Waals surface area contributed by atoms with E-state index in [9.17, 15) is 4.79 Å². The van der Waals surface area contributed by atoms with Crippen LogP contribution >= 0.6 is 22.6 Å². The molecule has 0 saturated heterocycles. The van der Waals surface area contributed by atoms with Gasteiger partial charge in [0.15, 0.2) is 0 Å². The third-order valence-electron chi connectivity index (χ3n) is 2.77. The Balaban J connectivity index is 2.78. The predicted molar refractivity (Wildman–Crippen MR) is 75.5 cm³/mol. The van der Waals surface area contributed by atoms with Gasteiger partial charge in [-0.15, -0.1) is 0 Å². The third kappa shape index (κ3) is 3.47. The van der Waals surface area contributed by atoms with Crippen LogP contribution in [0.15, 0.2) is 24.3 Å². The summed E-state index contributed by atoms with van der Waals surface area (Å²) in [7, 11) is 0. The van der Waals surface area contributed by atoms with Crippen molar-refractivity contribution in [3.05, 3.63) is 33.4 Å². The highest BCUT2D eigenvalue weighted by Gasteiger charge is 2.22. The van der Waals surface area contributed by atoms with Gasteiger partial charge in [0.1, 0.15) is 0 Å². The summed E-state index contributed by atoms with van der Waals surface area (Å²) in [6.45, 7) is 8.39. The summed E-state index contributed by atoms with van der Waals surface area (Å²) >= 11 is 2.18. The molecule has 0 saturated carbocycles. The van der Waals surface area contributed by atoms with E-state index in [0.717, 1.165) is 9.13 Å². The Hall–Kier alpha value is -0.580. The monoisotopic (exact) mass is 331 g/mol. The highest BCUT2D eigenvalue weighted by atomic mass is 127. The molecule has 1 rings (SSSR count). The lowest BCUT2D eigenvalue weighted by atomic mass is 9.88. The lowest BCUT2D eigenvalue weighted by Gasteiger charge is -2.28. The number of carbonyl (C=O) groups excluding carboxylic acids is 1. The van der Waals surface area contributed by atoms with E-state index in [2.05, 4.69) is 48.7 Å². The molecule has 0 spiro atoms. The van der Waals surface area contributed by atoms with Gasteiger partial charge in [0.2, 0.25) is 0 Å². The first-order valence-corrected chi connectivity index (χ1v) is 6.45. The van der Waals surface area contributed by atoms with E-state index in [1.165, 1.54) is 0 Å². The van der Waals surface area contributed by atoms with Crippen LogP contribution < -0.4 is 5.32 Å². The fourth-order valence-electron chi connectivity index (χ4n) is 1.14. The maximum Gasteiger partial charge on any atom is 0.252 e. The summed E-state index contributed by atoms with van der Waals surface area (Å²) in [4.78, 5) is 12.0. The molecule has 0 aliphatic rings. The molecule has 1 N–H and O–H groups in total. The van der Waals surface area contributed by atoms with Crippen molar-refractivity contribution in [2.24, 2.45) is 5.41 Å². The Morgan fingerprint density at radius 2 is 1.88 bits per heavy atom. The van der Waals surface area contributed by atoms with Gasteiger partial charge in [-0.25, -0.2) is 0 Å².